The highest BCUT2D eigenvalue weighted by Gasteiger charge is 2.47. The summed E-state index contributed by atoms with van der Waals surface area (Å²) in [4.78, 5) is 129. The molecule has 498 valence electrons. The van der Waals surface area contributed by atoms with Gasteiger partial charge in [-0.3, -0.25) is 48.2 Å². The first-order valence-electron chi connectivity index (χ1n) is 31.8. The number of ketones is 2. The topological polar surface area (TPSA) is 305 Å². The van der Waals surface area contributed by atoms with Gasteiger partial charge in [-0.25, -0.2) is 9.69 Å². The number of nitrogens with zero attached hydrogens (tertiary/aromatic N) is 5. The molecule has 2 saturated heterocycles. The van der Waals surface area contributed by atoms with Gasteiger partial charge in [0.25, 0.3) is 23.6 Å². The van der Waals surface area contributed by atoms with Crippen molar-refractivity contribution in [3.05, 3.63) is 143 Å². The van der Waals surface area contributed by atoms with E-state index in [0.29, 0.717) is 104 Å². The minimum Gasteiger partial charge on any atom is -0.493 e. The molecule has 5 N–H and O–H groups in total. The summed E-state index contributed by atoms with van der Waals surface area (Å²) in [5.41, 5.74) is 10.6. The number of Topliss-reactive ketones (excluding diaryl/α,β-unsaturated/α-hetero) is 2. The van der Waals surface area contributed by atoms with Gasteiger partial charge in [-0.15, -0.1) is 0 Å². The summed E-state index contributed by atoms with van der Waals surface area (Å²) in [6.45, 7) is 9.71. The van der Waals surface area contributed by atoms with E-state index in [1.165, 1.54) is 31.3 Å². The number of carbonyl (C=O) groups excluding carboxylic acids is 9. The Kier molecular flexibility index (Phi) is 24.1. The molecule has 24 nitrogen and oxygen atoms in total. The lowest BCUT2D eigenvalue weighted by Crippen LogP contribution is -2.50. The smallest absolute Gasteiger partial charge is 0.416 e. The Labute approximate surface area is 546 Å². The van der Waals surface area contributed by atoms with Crippen molar-refractivity contribution in [2.24, 2.45) is 16.6 Å². The van der Waals surface area contributed by atoms with E-state index in [9.17, 15) is 48.3 Å². The number of amides is 7. The van der Waals surface area contributed by atoms with Crippen LogP contribution < -0.4 is 40.2 Å². The number of nitrogens with two attached hydrogens (primary N) is 1. The minimum atomic E-state index is -1.54. The molecule has 4 aromatic carbocycles. The summed E-state index contributed by atoms with van der Waals surface area (Å²) in [5.74, 6) is -2.29. The number of imide groups is 1. The third-order valence-electron chi connectivity index (χ3n) is 17.0. The van der Waals surface area contributed by atoms with Crippen LogP contribution in [0.5, 0.6) is 23.0 Å². The van der Waals surface area contributed by atoms with Gasteiger partial charge in [-0.1, -0.05) is 78.9 Å². The number of rotatable bonds is 34. The molecule has 0 saturated carbocycles. The number of carbonyl (C=O) groups is 9. The largest absolute Gasteiger partial charge is 0.493 e. The first kappa shape index (κ1) is 68.8. The van der Waals surface area contributed by atoms with Crippen LogP contribution >= 0.6 is 0 Å². The van der Waals surface area contributed by atoms with Crippen LogP contribution in [0.3, 0.4) is 0 Å². The van der Waals surface area contributed by atoms with E-state index < -0.39 is 54.0 Å². The van der Waals surface area contributed by atoms with Crippen LogP contribution in [0.2, 0.25) is 0 Å². The molecule has 7 amide bonds. The maximum atomic E-state index is 14.4. The van der Waals surface area contributed by atoms with Crippen molar-refractivity contribution in [1.29, 1.82) is 0 Å². The number of fused-ring (bicyclic) bond motifs is 4. The highest BCUT2D eigenvalue weighted by Crippen LogP contribution is 2.43. The van der Waals surface area contributed by atoms with Gasteiger partial charge in [0.1, 0.15) is 12.4 Å². The van der Waals surface area contributed by atoms with E-state index >= 15 is 0 Å². The molecule has 5 aliphatic heterocycles. The lowest BCUT2D eigenvalue weighted by molar-refractivity contribution is -0.137. The number of anilines is 1. The molecule has 94 heavy (non-hydrogen) atoms. The van der Waals surface area contributed by atoms with Gasteiger partial charge >= 0.3 is 6.09 Å². The van der Waals surface area contributed by atoms with Crippen molar-refractivity contribution in [2.75, 3.05) is 78.3 Å². The zero-order valence-corrected chi connectivity index (χ0v) is 53.2. The van der Waals surface area contributed by atoms with Crippen LogP contribution in [0.25, 0.3) is 0 Å². The average molecular weight is 1290 g/mol. The quantitative estimate of drug-likeness (QED) is 0.0222. The minimum absolute atomic E-state index is 0.00114. The Hall–Kier alpha value is -9.52. The SMILES string of the molecule is C=C1C[C@H]2C=Nc3cc(OCCCCCOc4cc5c(cc4OC)C(=O)N4CC(=C)C[C@H]4[C@H](O)N5C(=O)OCc4ccc(CC(=O)[C@H](CCCCN)NC(=O)[C@@H](CC(=O)CCOCCNC(=O)CCN5C(=O)C=CC5=O)Cc5ccccc5)cc4)c(OC)cc3C(=O)N2C1. The third kappa shape index (κ3) is 17.6. The Morgan fingerprint density at radius 1 is 0.723 bits per heavy atom. The van der Waals surface area contributed by atoms with Gasteiger partial charge in [0.05, 0.1) is 81.3 Å². The molecule has 5 heterocycles. The number of hydrogen-bond acceptors (Lipinski definition) is 18. The molecule has 24 heteroatoms. The number of hydrogen-bond donors (Lipinski definition) is 4. The monoisotopic (exact) mass is 1290 g/mol. The summed E-state index contributed by atoms with van der Waals surface area (Å²) < 4.78 is 35.2. The molecule has 4 aromatic rings. The number of aliphatic hydroxyl groups is 1. The van der Waals surface area contributed by atoms with Gasteiger partial charge in [0.2, 0.25) is 11.8 Å². The van der Waals surface area contributed by atoms with Gasteiger partial charge in [-0.2, -0.15) is 0 Å². The molecule has 0 aromatic heterocycles. The number of methoxy groups -OCH3 is 2. The standard InChI is InChI=1S/C70H82N8O16/c1-44-31-50-40-73-55-38-61(59(89-3)36-52(55)67(85)76(50)41-44)92-27-11-6-12-28-93-62-39-56-53(37-60(62)90-4)68(86)77-42-45(2)32-57(77)69(87)78(56)70(88)94-43-48-18-16-47(17-19-48)34-58(80)54(15-9-10-24-71)74-66(84)49(33-46-13-7-5-8-14-46)35-51(79)23-29-91-30-25-72-63(81)22-26-75-64(82)20-21-65(75)83/h5,7-8,13-14,16-21,36-40,49-50,54,57,69,87H,1-2,6,9-12,15,22-35,41-43,71H2,3-4H3,(H,72,81)(H,74,84)/t49-,50+,54+,57+,69+/m1/s1. The van der Waals surface area contributed by atoms with Crippen molar-refractivity contribution >= 4 is 70.7 Å². The lowest BCUT2D eigenvalue weighted by atomic mass is 9.91. The summed E-state index contributed by atoms with van der Waals surface area (Å²) >= 11 is 0. The lowest BCUT2D eigenvalue weighted by Gasteiger charge is -2.31. The third-order valence-corrected chi connectivity index (χ3v) is 17.0. The fourth-order valence-electron chi connectivity index (χ4n) is 12.0. The Morgan fingerprint density at radius 3 is 2.09 bits per heavy atom. The van der Waals surface area contributed by atoms with Crippen LogP contribution in [0.4, 0.5) is 16.2 Å². The predicted molar refractivity (Wildman–Crippen MR) is 347 cm³/mol. The molecule has 5 atom stereocenters. The van der Waals surface area contributed by atoms with E-state index in [1.54, 1.807) is 47.5 Å². The normalized spacial score (nSPS) is 17.8. The van der Waals surface area contributed by atoms with Crippen LogP contribution in [0.1, 0.15) is 108 Å². The van der Waals surface area contributed by atoms with Crippen LogP contribution in [-0.4, -0.2) is 177 Å². The van der Waals surface area contributed by atoms with Gasteiger partial charge < -0.3 is 59.7 Å². The van der Waals surface area contributed by atoms with Crippen LogP contribution in [0.15, 0.2) is 120 Å². The number of benzene rings is 4. The molecular weight excluding hydrogens is 1210 g/mol. The molecule has 0 radical (unpaired) electrons. The average Bonchev–Trinajstić information content (AvgIpc) is 1.58. The molecule has 0 unspecified atom stereocenters. The summed E-state index contributed by atoms with van der Waals surface area (Å²) in [6, 6.07) is 20.6. The van der Waals surface area contributed by atoms with Gasteiger partial charge in [0, 0.05) is 88.3 Å². The molecule has 0 aliphatic carbocycles. The van der Waals surface area contributed by atoms with Crippen molar-refractivity contribution in [3.63, 3.8) is 0 Å². The molecule has 5 aliphatic rings. The van der Waals surface area contributed by atoms with Crippen molar-refractivity contribution in [1.82, 2.24) is 25.3 Å². The summed E-state index contributed by atoms with van der Waals surface area (Å²) in [5, 5.41) is 17.6. The second kappa shape index (κ2) is 32.9. The maximum Gasteiger partial charge on any atom is 0.416 e. The fraction of sp³-hybridized carbons (Fsp3) is 0.429. The highest BCUT2D eigenvalue weighted by atomic mass is 16.6. The van der Waals surface area contributed by atoms with E-state index in [1.807, 2.05) is 30.3 Å². The maximum absolute atomic E-state index is 14.4. The second-order valence-electron chi connectivity index (χ2n) is 23.9. The van der Waals surface area contributed by atoms with Crippen molar-refractivity contribution in [2.45, 2.75) is 114 Å². The number of unbranched alkanes of at least 4 members (excludes halogenated alkanes) is 3. The zero-order chi connectivity index (χ0) is 66.8. The first-order valence-corrected chi connectivity index (χ1v) is 31.8. The zero-order valence-electron chi connectivity index (χ0n) is 53.2. The summed E-state index contributed by atoms with van der Waals surface area (Å²) in [7, 11) is 2.96. The Balaban J connectivity index is 0.780. The fourth-order valence-corrected chi connectivity index (χ4v) is 12.0. The molecule has 0 spiro atoms. The van der Waals surface area contributed by atoms with Crippen LogP contribution in [0, 0.1) is 5.92 Å². The molecule has 9 rings (SSSR count). The van der Waals surface area contributed by atoms with E-state index in [2.05, 4.69) is 28.8 Å². The van der Waals surface area contributed by atoms with E-state index in [4.69, 9.17) is 34.2 Å². The van der Waals surface area contributed by atoms with Crippen molar-refractivity contribution in [3.8, 4) is 23.0 Å². The van der Waals surface area contributed by atoms with E-state index in [-0.39, 0.29) is 137 Å². The number of aliphatic hydroxyl groups excluding tert-OH is 1. The number of ether oxygens (including phenoxy) is 6. The summed E-state index contributed by atoms with van der Waals surface area (Å²) in [6.07, 6.45) is 5.90. The second-order valence-corrected chi connectivity index (χ2v) is 23.9. The van der Waals surface area contributed by atoms with E-state index in [0.717, 1.165) is 33.1 Å². The Bertz CT molecular complexity index is 3540. The molecular formula is C70H82N8O16. The first-order chi connectivity index (χ1) is 45.4. The van der Waals surface area contributed by atoms with Gasteiger partial charge in [-0.05, 0) is 93.2 Å². The molecule has 0 bridgehead atoms. The highest BCUT2D eigenvalue weighted by molar-refractivity contribution is 6.13. The molecule has 2 fully saturated rings. The Morgan fingerprint density at radius 2 is 1.38 bits per heavy atom. The predicted octanol–water partition coefficient (Wildman–Crippen LogP) is 6.45. The number of nitrogens with one attached hydrogen (secondary N) is 2. The van der Waals surface area contributed by atoms with Crippen LogP contribution in [-0.2, 0) is 57.7 Å². The van der Waals surface area contributed by atoms with Gasteiger partial charge in [0.15, 0.2) is 35.0 Å². The van der Waals surface area contributed by atoms with Crippen molar-refractivity contribution < 1.29 is 76.7 Å². The number of aliphatic imine (C=N–C) groups is 1.